The maximum atomic E-state index is 10.2. The molecular weight excluding hydrogens is 197 g/mol. The van der Waals surface area contributed by atoms with Gasteiger partial charge in [0.2, 0.25) is 0 Å². The third kappa shape index (κ3) is 3.87. The Morgan fingerprint density at radius 2 is 1.79 bits per heavy atom. The molecule has 0 atom stereocenters. The summed E-state index contributed by atoms with van der Waals surface area (Å²) < 4.78 is 0. The number of nitro benzene ring substituents is 1. The van der Waals surface area contributed by atoms with Crippen molar-refractivity contribution < 1.29 is 44.4 Å². The normalized spacial score (nSPS) is 8.86. The van der Waals surface area contributed by atoms with Crippen molar-refractivity contribution >= 4 is 11.7 Å². The van der Waals surface area contributed by atoms with Crippen LogP contribution in [0.25, 0.3) is 0 Å². The second-order valence-electron chi connectivity index (χ2n) is 2.47. The van der Waals surface area contributed by atoms with Crippen LogP contribution in [0.1, 0.15) is 5.56 Å². The smallest absolute Gasteiger partial charge is 0.550 e. The largest absolute Gasteiger partial charge is 1.00 e. The summed E-state index contributed by atoms with van der Waals surface area (Å²) in [5.41, 5.74) is 0.438. The van der Waals surface area contributed by atoms with Crippen LogP contribution in [0.4, 0.5) is 5.69 Å². The van der Waals surface area contributed by atoms with Crippen LogP contribution in [-0.4, -0.2) is 10.9 Å². The molecule has 0 N–H and O–H groups in total. The van der Waals surface area contributed by atoms with Gasteiger partial charge < -0.3 is 9.90 Å². The van der Waals surface area contributed by atoms with Crippen LogP contribution >= 0.6 is 0 Å². The zero-order chi connectivity index (χ0) is 9.84. The summed E-state index contributed by atoms with van der Waals surface area (Å²) in [5.74, 6) is -1.20. The Hall–Kier alpha value is -0.910. The molecule has 1 aromatic rings. The number of non-ortho nitro benzene ring substituents is 1. The van der Waals surface area contributed by atoms with E-state index in [0.29, 0.717) is 5.56 Å². The molecule has 68 valence electrons. The number of rotatable bonds is 3. The first kappa shape index (κ1) is 13.1. The van der Waals surface area contributed by atoms with Gasteiger partial charge in [0.25, 0.3) is 5.69 Å². The Morgan fingerprint density at radius 1 is 1.29 bits per heavy atom. The predicted molar refractivity (Wildman–Crippen MR) is 41.8 cm³/mol. The molecule has 14 heavy (non-hydrogen) atoms. The fourth-order valence-corrected chi connectivity index (χ4v) is 0.902. The molecule has 0 aliphatic rings. The van der Waals surface area contributed by atoms with Gasteiger partial charge in [0, 0.05) is 24.5 Å². The molecule has 0 aliphatic carbocycles. The van der Waals surface area contributed by atoms with Crippen LogP contribution in [0.5, 0.6) is 0 Å². The van der Waals surface area contributed by atoms with Crippen LogP contribution in [0, 0.1) is 10.1 Å². The third-order valence-corrected chi connectivity index (χ3v) is 1.50. The van der Waals surface area contributed by atoms with Gasteiger partial charge in [-0.15, -0.1) is 0 Å². The Morgan fingerprint density at radius 3 is 2.14 bits per heavy atom. The molecule has 0 saturated carbocycles. The monoisotopic (exact) mass is 203 g/mol. The van der Waals surface area contributed by atoms with Gasteiger partial charge in [-0.1, -0.05) is 12.1 Å². The average molecular weight is 203 g/mol. The second-order valence-corrected chi connectivity index (χ2v) is 2.47. The van der Waals surface area contributed by atoms with Crippen molar-refractivity contribution in [3.63, 3.8) is 0 Å². The van der Waals surface area contributed by atoms with E-state index < -0.39 is 10.9 Å². The van der Waals surface area contributed by atoms with Crippen molar-refractivity contribution in [3.8, 4) is 0 Å². The van der Waals surface area contributed by atoms with E-state index in [1.165, 1.54) is 24.3 Å². The fourth-order valence-electron chi connectivity index (χ4n) is 0.902. The minimum Gasteiger partial charge on any atom is -0.550 e. The molecule has 0 fully saturated rings. The molecule has 5 nitrogen and oxygen atoms in total. The maximum Gasteiger partial charge on any atom is 1.00 e. The molecule has 0 aromatic heterocycles. The van der Waals surface area contributed by atoms with Gasteiger partial charge in [0.15, 0.2) is 0 Å². The van der Waals surface area contributed by atoms with Crippen LogP contribution in [0.15, 0.2) is 24.3 Å². The van der Waals surface area contributed by atoms with Crippen molar-refractivity contribution in [2.24, 2.45) is 0 Å². The summed E-state index contributed by atoms with van der Waals surface area (Å²) >= 11 is 0. The summed E-state index contributed by atoms with van der Waals surface area (Å²) in [6, 6.07) is 5.32. The van der Waals surface area contributed by atoms with Gasteiger partial charge in [-0.05, 0) is 5.56 Å². The molecule has 0 spiro atoms. The van der Waals surface area contributed by atoms with Crippen LogP contribution < -0.4 is 34.7 Å². The van der Waals surface area contributed by atoms with Crippen molar-refractivity contribution in [3.05, 3.63) is 39.9 Å². The fraction of sp³-hybridized carbons (Fsp3) is 0.125. The topological polar surface area (TPSA) is 83.3 Å². The third-order valence-electron chi connectivity index (χ3n) is 1.50. The molecule has 0 heterocycles. The Labute approximate surface area is 102 Å². The van der Waals surface area contributed by atoms with Gasteiger partial charge >= 0.3 is 29.6 Å². The van der Waals surface area contributed by atoms with E-state index in [-0.39, 0.29) is 41.7 Å². The predicted octanol–water partition coefficient (Wildman–Crippen LogP) is -3.11. The van der Waals surface area contributed by atoms with Gasteiger partial charge in [-0.25, -0.2) is 0 Å². The number of aliphatic carboxylic acids is 1. The van der Waals surface area contributed by atoms with E-state index in [1.807, 2.05) is 0 Å². The van der Waals surface area contributed by atoms with E-state index in [9.17, 15) is 20.0 Å². The van der Waals surface area contributed by atoms with E-state index >= 15 is 0 Å². The molecular formula is C8H6NNaO4. The van der Waals surface area contributed by atoms with Crippen LogP contribution in [0.2, 0.25) is 0 Å². The van der Waals surface area contributed by atoms with E-state index in [4.69, 9.17) is 0 Å². The zero-order valence-electron chi connectivity index (χ0n) is 7.60. The molecule has 0 bridgehead atoms. The number of benzene rings is 1. The molecule has 0 amide bonds. The van der Waals surface area contributed by atoms with Gasteiger partial charge in [-0.2, -0.15) is 0 Å². The van der Waals surface area contributed by atoms with E-state index in [0.717, 1.165) is 0 Å². The van der Waals surface area contributed by atoms with Crippen molar-refractivity contribution in [2.45, 2.75) is 6.42 Å². The minimum atomic E-state index is -1.20. The zero-order valence-corrected chi connectivity index (χ0v) is 9.60. The number of carboxylic acid groups (broad SMARTS) is 1. The molecule has 1 rings (SSSR count). The molecule has 0 unspecified atom stereocenters. The first-order valence-electron chi connectivity index (χ1n) is 3.53. The SMILES string of the molecule is O=C([O-])Cc1ccc([N+](=O)[O-])cc1.[Na+]. The van der Waals surface area contributed by atoms with Crippen molar-refractivity contribution in [1.29, 1.82) is 0 Å². The number of carbonyl (C=O) groups excluding carboxylic acids is 1. The molecule has 6 heteroatoms. The number of hydrogen-bond acceptors (Lipinski definition) is 4. The average Bonchev–Trinajstić information content (AvgIpc) is 2.04. The van der Waals surface area contributed by atoms with Gasteiger partial charge in [-0.3, -0.25) is 10.1 Å². The number of nitrogens with zero attached hydrogens (tertiary/aromatic N) is 1. The summed E-state index contributed by atoms with van der Waals surface area (Å²) in [7, 11) is 0. The number of hydrogen-bond donors (Lipinski definition) is 0. The van der Waals surface area contributed by atoms with Crippen LogP contribution in [0.3, 0.4) is 0 Å². The Balaban J connectivity index is 0.00000169. The first-order valence-corrected chi connectivity index (χ1v) is 3.53. The quantitative estimate of drug-likeness (QED) is 0.296. The maximum absolute atomic E-state index is 10.2. The van der Waals surface area contributed by atoms with Crippen molar-refractivity contribution in [1.82, 2.24) is 0 Å². The Kier molecular flexibility index (Phi) is 5.37. The Bertz CT molecular complexity index is 336. The molecule has 0 aliphatic heterocycles. The standard InChI is InChI=1S/C8H7NO4.Na/c10-8(11)5-6-1-3-7(4-2-6)9(12)13;/h1-4H,5H2,(H,10,11);/q;+1/p-1. The summed E-state index contributed by atoms with van der Waals surface area (Å²) in [5, 5.41) is 20.4. The molecule has 0 radical (unpaired) electrons. The van der Waals surface area contributed by atoms with Crippen molar-refractivity contribution in [2.75, 3.05) is 0 Å². The number of carboxylic acids is 1. The van der Waals surface area contributed by atoms with E-state index in [1.54, 1.807) is 0 Å². The van der Waals surface area contributed by atoms with Crippen LogP contribution in [-0.2, 0) is 11.2 Å². The minimum absolute atomic E-state index is 0. The van der Waals surface area contributed by atoms with E-state index in [2.05, 4.69) is 0 Å². The van der Waals surface area contributed by atoms with Gasteiger partial charge in [0.1, 0.15) is 0 Å². The molecule has 1 aromatic carbocycles. The number of nitro groups is 1. The second kappa shape index (κ2) is 5.74. The number of carbonyl (C=O) groups is 1. The first-order chi connectivity index (χ1) is 6.09. The summed E-state index contributed by atoms with van der Waals surface area (Å²) in [6.07, 6.45) is -0.224. The summed E-state index contributed by atoms with van der Waals surface area (Å²) in [4.78, 5) is 19.8. The summed E-state index contributed by atoms with van der Waals surface area (Å²) in [6.45, 7) is 0. The van der Waals surface area contributed by atoms with Gasteiger partial charge in [0.05, 0.1) is 4.92 Å². The molecule has 0 saturated heterocycles.